The molecule has 1 aromatic carbocycles. The molecule has 7 nitrogen and oxygen atoms in total. The van der Waals surface area contributed by atoms with E-state index >= 15 is 0 Å². The summed E-state index contributed by atoms with van der Waals surface area (Å²) in [5.41, 5.74) is 10.2. The maximum atomic E-state index is 10.7. The number of rotatable bonds is 4. The number of carboxylic acid groups (broad SMARTS) is 1. The molecule has 92 valence electrons. The molecule has 0 saturated carbocycles. The van der Waals surface area contributed by atoms with E-state index in [-0.39, 0.29) is 16.8 Å². The van der Waals surface area contributed by atoms with E-state index in [4.69, 9.17) is 16.6 Å². The van der Waals surface area contributed by atoms with E-state index in [1.807, 2.05) is 0 Å². The monoisotopic (exact) mass is 240 g/mol. The normalized spacial score (nSPS) is 14.0. The van der Waals surface area contributed by atoms with Gasteiger partial charge in [-0.1, -0.05) is 0 Å². The molecule has 1 aromatic rings. The van der Waals surface area contributed by atoms with Crippen LogP contribution in [0.15, 0.2) is 18.2 Å². The number of hydrogen-bond acceptors (Lipinski definition) is 5. The van der Waals surface area contributed by atoms with Crippen LogP contribution >= 0.6 is 0 Å². The topological polar surface area (TPSA) is 147 Å². The van der Waals surface area contributed by atoms with Crippen LogP contribution < -0.4 is 11.5 Å². The number of aliphatic hydroxyl groups is 2. The van der Waals surface area contributed by atoms with Gasteiger partial charge in [0, 0.05) is 5.69 Å². The van der Waals surface area contributed by atoms with Crippen molar-refractivity contribution in [3.05, 3.63) is 29.3 Å². The average molecular weight is 240 g/mol. The summed E-state index contributed by atoms with van der Waals surface area (Å²) in [5.74, 6) is -2.35. The number of hydrogen-bond donors (Lipinski definition) is 5. The fraction of sp³-hybridized carbons (Fsp3) is 0.200. The van der Waals surface area contributed by atoms with Gasteiger partial charge in [0.25, 0.3) is 0 Å². The second-order valence-corrected chi connectivity index (χ2v) is 3.49. The lowest BCUT2D eigenvalue weighted by atomic mass is 10.0. The SMILES string of the molecule is NC(=O)C(O)C(O)c1cc(N)cc(C(=O)O)c1. The number of primary amides is 1. The van der Waals surface area contributed by atoms with Crippen molar-refractivity contribution in [1.82, 2.24) is 0 Å². The fourth-order valence-corrected chi connectivity index (χ4v) is 1.31. The number of benzene rings is 1. The third-order valence-electron chi connectivity index (χ3n) is 2.16. The minimum atomic E-state index is -1.82. The lowest BCUT2D eigenvalue weighted by Gasteiger charge is -2.16. The van der Waals surface area contributed by atoms with Crippen LogP contribution in [0.1, 0.15) is 22.0 Å². The Morgan fingerprint density at radius 3 is 2.24 bits per heavy atom. The zero-order chi connectivity index (χ0) is 13.2. The maximum Gasteiger partial charge on any atom is 0.335 e. The molecule has 0 saturated heterocycles. The third-order valence-corrected chi connectivity index (χ3v) is 2.16. The summed E-state index contributed by atoms with van der Waals surface area (Å²) in [6.07, 6.45) is -3.44. The minimum absolute atomic E-state index is 0.00806. The number of nitrogen functional groups attached to an aromatic ring is 1. The standard InChI is InChI=1S/C10H12N2O5/c11-6-2-4(1-5(3-6)10(16)17)7(13)8(14)9(12)15/h1-3,7-8,13-14H,11H2,(H2,12,15)(H,16,17). The zero-order valence-corrected chi connectivity index (χ0v) is 8.70. The number of nitrogens with two attached hydrogens (primary N) is 2. The molecule has 2 atom stereocenters. The Labute approximate surface area is 96.3 Å². The molecule has 2 unspecified atom stereocenters. The van der Waals surface area contributed by atoms with Gasteiger partial charge in [0.15, 0.2) is 6.10 Å². The first-order chi connectivity index (χ1) is 7.82. The van der Waals surface area contributed by atoms with Gasteiger partial charge in [-0.2, -0.15) is 0 Å². The summed E-state index contributed by atoms with van der Waals surface area (Å²) >= 11 is 0. The van der Waals surface area contributed by atoms with Crippen molar-refractivity contribution >= 4 is 17.6 Å². The van der Waals surface area contributed by atoms with Gasteiger partial charge in [-0.25, -0.2) is 4.79 Å². The molecule has 0 radical (unpaired) electrons. The van der Waals surface area contributed by atoms with Crippen LogP contribution in [0.3, 0.4) is 0 Å². The van der Waals surface area contributed by atoms with Crippen LogP contribution in [0.2, 0.25) is 0 Å². The third kappa shape index (κ3) is 2.92. The van der Waals surface area contributed by atoms with Gasteiger partial charge < -0.3 is 26.8 Å². The molecular weight excluding hydrogens is 228 g/mol. The van der Waals surface area contributed by atoms with Crippen LogP contribution in [0, 0.1) is 0 Å². The Bertz CT molecular complexity index is 460. The van der Waals surface area contributed by atoms with Crippen molar-refractivity contribution in [3.8, 4) is 0 Å². The Kier molecular flexibility index (Phi) is 3.66. The highest BCUT2D eigenvalue weighted by Crippen LogP contribution is 2.21. The maximum absolute atomic E-state index is 10.7. The second kappa shape index (κ2) is 4.81. The molecule has 1 amide bonds. The second-order valence-electron chi connectivity index (χ2n) is 3.49. The van der Waals surface area contributed by atoms with E-state index in [1.165, 1.54) is 12.1 Å². The molecule has 0 fully saturated rings. The van der Waals surface area contributed by atoms with Crippen LogP contribution in [0.25, 0.3) is 0 Å². The van der Waals surface area contributed by atoms with Gasteiger partial charge >= 0.3 is 5.97 Å². The van der Waals surface area contributed by atoms with E-state index in [9.17, 15) is 19.8 Å². The quantitative estimate of drug-likeness (QED) is 0.420. The van der Waals surface area contributed by atoms with Crippen molar-refractivity contribution in [2.24, 2.45) is 5.73 Å². The summed E-state index contributed by atoms with van der Waals surface area (Å²) in [6.45, 7) is 0. The molecule has 0 aromatic heterocycles. The van der Waals surface area contributed by atoms with E-state index in [1.54, 1.807) is 0 Å². The number of amides is 1. The minimum Gasteiger partial charge on any atom is -0.478 e. The van der Waals surface area contributed by atoms with Crippen molar-refractivity contribution < 1.29 is 24.9 Å². The number of anilines is 1. The molecule has 0 aliphatic heterocycles. The Balaban J connectivity index is 3.13. The van der Waals surface area contributed by atoms with Gasteiger partial charge in [0.1, 0.15) is 6.10 Å². The van der Waals surface area contributed by atoms with Crippen molar-refractivity contribution in [2.75, 3.05) is 5.73 Å². The molecule has 17 heavy (non-hydrogen) atoms. The summed E-state index contributed by atoms with van der Waals surface area (Å²) in [4.78, 5) is 21.4. The highest BCUT2D eigenvalue weighted by atomic mass is 16.4. The van der Waals surface area contributed by atoms with Crippen LogP contribution in [0.5, 0.6) is 0 Å². The van der Waals surface area contributed by atoms with Gasteiger partial charge in [0.05, 0.1) is 5.56 Å². The largest absolute Gasteiger partial charge is 0.478 e. The van der Waals surface area contributed by atoms with E-state index in [2.05, 4.69) is 0 Å². The first kappa shape index (κ1) is 12.9. The van der Waals surface area contributed by atoms with E-state index in [0.29, 0.717) is 0 Å². The Hall–Kier alpha value is -2.12. The Morgan fingerprint density at radius 1 is 1.18 bits per heavy atom. The number of aliphatic hydroxyl groups excluding tert-OH is 2. The number of aromatic carboxylic acids is 1. The molecular formula is C10H12N2O5. The van der Waals surface area contributed by atoms with Crippen LogP contribution in [0.4, 0.5) is 5.69 Å². The number of carbonyl (C=O) groups is 2. The van der Waals surface area contributed by atoms with Crippen LogP contribution in [-0.4, -0.2) is 33.3 Å². The predicted octanol–water partition coefficient (Wildman–Crippen LogP) is -1.15. The molecule has 1 rings (SSSR count). The van der Waals surface area contributed by atoms with E-state index in [0.717, 1.165) is 6.07 Å². The van der Waals surface area contributed by atoms with E-state index < -0.39 is 24.1 Å². The average Bonchev–Trinajstić information content (AvgIpc) is 2.25. The molecule has 0 aliphatic carbocycles. The predicted molar refractivity (Wildman–Crippen MR) is 58.0 cm³/mol. The molecule has 0 bridgehead atoms. The van der Waals surface area contributed by atoms with Gasteiger partial charge in [-0.05, 0) is 23.8 Å². The fourth-order valence-electron chi connectivity index (χ4n) is 1.31. The summed E-state index contributed by atoms with van der Waals surface area (Å²) < 4.78 is 0. The lowest BCUT2D eigenvalue weighted by molar-refractivity contribution is -0.131. The molecule has 0 heterocycles. The highest BCUT2D eigenvalue weighted by Gasteiger charge is 2.24. The van der Waals surface area contributed by atoms with Crippen LogP contribution in [-0.2, 0) is 4.79 Å². The van der Waals surface area contributed by atoms with Crippen molar-refractivity contribution in [3.63, 3.8) is 0 Å². The zero-order valence-electron chi connectivity index (χ0n) is 8.70. The smallest absolute Gasteiger partial charge is 0.335 e. The summed E-state index contributed by atoms with van der Waals surface area (Å²) in [5, 5.41) is 27.6. The molecule has 0 aliphatic rings. The van der Waals surface area contributed by atoms with Gasteiger partial charge in [-0.3, -0.25) is 4.79 Å². The number of carbonyl (C=O) groups excluding carboxylic acids is 1. The lowest BCUT2D eigenvalue weighted by Crippen LogP contribution is -2.34. The summed E-state index contributed by atoms with van der Waals surface area (Å²) in [7, 11) is 0. The van der Waals surface area contributed by atoms with Crippen molar-refractivity contribution in [1.29, 1.82) is 0 Å². The highest BCUT2D eigenvalue weighted by molar-refractivity contribution is 5.89. The van der Waals surface area contributed by atoms with Gasteiger partial charge in [0.2, 0.25) is 5.91 Å². The summed E-state index contributed by atoms with van der Waals surface area (Å²) in [6, 6.07) is 3.55. The Morgan fingerprint density at radius 2 is 1.76 bits per heavy atom. The molecule has 7 heteroatoms. The molecule has 0 spiro atoms. The van der Waals surface area contributed by atoms with Crippen molar-refractivity contribution in [2.45, 2.75) is 12.2 Å². The number of carboxylic acids is 1. The first-order valence-electron chi connectivity index (χ1n) is 4.62. The molecule has 7 N–H and O–H groups in total. The first-order valence-corrected chi connectivity index (χ1v) is 4.62. The van der Waals surface area contributed by atoms with Gasteiger partial charge in [-0.15, -0.1) is 0 Å².